The van der Waals surface area contributed by atoms with Gasteiger partial charge in [0, 0.05) is 12.7 Å². The van der Waals surface area contributed by atoms with Gasteiger partial charge in [0.25, 0.3) is 0 Å². The van der Waals surface area contributed by atoms with Gasteiger partial charge in [-0.3, -0.25) is 9.48 Å². The molecule has 0 saturated carbocycles. The molecular formula is C12H19N3O. The Morgan fingerprint density at radius 2 is 2.44 bits per heavy atom. The molecular weight excluding hydrogens is 202 g/mol. The predicted octanol–water partition coefficient (Wildman–Crippen LogP) is 1.62. The smallest absolute Gasteiger partial charge is 0.197 e. The van der Waals surface area contributed by atoms with Gasteiger partial charge in [0.15, 0.2) is 5.78 Å². The van der Waals surface area contributed by atoms with Crippen LogP contribution in [0.4, 0.5) is 0 Å². The van der Waals surface area contributed by atoms with E-state index in [0.717, 1.165) is 31.6 Å². The number of hydrogen-bond donors (Lipinski definition) is 1. The second-order valence-electron chi connectivity index (χ2n) is 4.25. The maximum atomic E-state index is 12.3. The third kappa shape index (κ3) is 2.32. The van der Waals surface area contributed by atoms with E-state index in [2.05, 4.69) is 10.4 Å². The number of nitrogens with zero attached hydrogens (tertiary/aromatic N) is 2. The minimum Gasteiger partial charge on any atom is -0.307 e. The molecule has 4 nitrogen and oxygen atoms in total. The molecule has 2 rings (SSSR count). The molecule has 1 aromatic heterocycles. The molecule has 1 N–H and O–H groups in total. The van der Waals surface area contributed by atoms with Gasteiger partial charge in [-0.15, -0.1) is 0 Å². The highest BCUT2D eigenvalue weighted by Crippen LogP contribution is 2.13. The summed E-state index contributed by atoms with van der Waals surface area (Å²) in [5, 5.41) is 7.47. The van der Waals surface area contributed by atoms with Crippen LogP contribution in [0.3, 0.4) is 0 Å². The highest BCUT2D eigenvalue weighted by Gasteiger charge is 2.23. The number of aryl methyl sites for hydroxylation is 1. The van der Waals surface area contributed by atoms with Crippen LogP contribution in [0.2, 0.25) is 0 Å². The van der Waals surface area contributed by atoms with E-state index in [0.29, 0.717) is 0 Å². The van der Waals surface area contributed by atoms with Crippen molar-refractivity contribution in [2.24, 2.45) is 0 Å². The second kappa shape index (κ2) is 5.25. The lowest BCUT2D eigenvalue weighted by molar-refractivity contribution is 0.0930. The minimum atomic E-state index is -0.00972. The zero-order valence-corrected chi connectivity index (χ0v) is 9.78. The SMILES string of the molecule is CCn1nccc1C(=O)C1CCCCCN1. The van der Waals surface area contributed by atoms with E-state index in [1.807, 2.05) is 13.0 Å². The molecule has 1 aliphatic rings. The Labute approximate surface area is 96.0 Å². The maximum Gasteiger partial charge on any atom is 0.197 e. The highest BCUT2D eigenvalue weighted by atomic mass is 16.1. The molecule has 1 aliphatic heterocycles. The predicted molar refractivity (Wildman–Crippen MR) is 62.5 cm³/mol. The van der Waals surface area contributed by atoms with Crippen molar-refractivity contribution in [1.82, 2.24) is 15.1 Å². The van der Waals surface area contributed by atoms with Crippen LogP contribution in [0.5, 0.6) is 0 Å². The van der Waals surface area contributed by atoms with Crippen molar-refractivity contribution < 1.29 is 4.79 Å². The highest BCUT2D eigenvalue weighted by molar-refractivity contribution is 5.98. The quantitative estimate of drug-likeness (QED) is 0.789. The van der Waals surface area contributed by atoms with Crippen molar-refractivity contribution in [3.8, 4) is 0 Å². The second-order valence-corrected chi connectivity index (χ2v) is 4.25. The number of ketones is 1. The van der Waals surface area contributed by atoms with Crippen molar-refractivity contribution in [3.05, 3.63) is 18.0 Å². The normalized spacial score (nSPS) is 21.7. The van der Waals surface area contributed by atoms with Crippen molar-refractivity contribution in [3.63, 3.8) is 0 Å². The number of aromatic nitrogens is 2. The molecule has 2 heterocycles. The molecule has 4 heteroatoms. The fraction of sp³-hybridized carbons (Fsp3) is 0.667. The van der Waals surface area contributed by atoms with Crippen molar-refractivity contribution in [2.45, 2.75) is 45.2 Å². The van der Waals surface area contributed by atoms with E-state index in [-0.39, 0.29) is 11.8 Å². The Kier molecular flexibility index (Phi) is 3.72. The number of nitrogens with one attached hydrogen (secondary N) is 1. The molecule has 88 valence electrons. The van der Waals surface area contributed by atoms with Gasteiger partial charge in [-0.05, 0) is 32.4 Å². The lowest BCUT2D eigenvalue weighted by atomic mass is 10.0. The standard InChI is InChI=1S/C12H19N3O/c1-2-15-11(7-9-14-15)12(16)10-6-4-3-5-8-13-10/h7,9-10,13H,2-6,8H2,1H3. The Bertz CT molecular complexity index is 351. The number of rotatable bonds is 3. The largest absolute Gasteiger partial charge is 0.307 e. The molecule has 1 atom stereocenters. The zero-order chi connectivity index (χ0) is 11.4. The first-order valence-electron chi connectivity index (χ1n) is 6.12. The molecule has 1 aromatic rings. The molecule has 0 bridgehead atoms. The Balaban J connectivity index is 2.11. The summed E-state index contributed by atoms with van der Waals surface area (Å²) < 4.78 is 1.77. The van der Waals surface area contributed by atoms with Gasteiger partial charge in [-0.2, -0.15) is 5.10 Å². The summed E-state index contributed by atoms with van der Waals surface area (Å²) in [7, 11) is 0. The molecule has 0 spiro atoms. The van der Waals surface area contributed by atoms with Crippen LogP contribution in [0.25, 0.3) is 0 Å². The average Bonchev–Trinajstić information content (AvgIpc) is 2.61. The number of carbonyl (C=O) groups excluding carboxylic acids is 1. The first kappa shape index (κ1) is 11.3. The Morgan fingerprint density at radius 3 is 3.25 bits per heavy atom. The van der Waals surface area contributed by atoms with Gasteiger partial charge < -0.3 is 5.32 Å². The van der Waals surface area contributed by atoms with Crippen LogP contribution in [0, 0.1) is 0 Å². The lowest BCUT2D eigenvalue weighted by Crippen LogP contribution is -2.37. The molecule has 0 aliphatic carbocycles. The summed E-state index contributed by atoms with van der Waals surface area (Å²) in [4.78, 5) is 12.3. The first-order valence-corrected chi connectivity index (χ1v) is 6.12. The van der Waals surface area contributed by atoms with Crippen LogP contribution in [0.1, 0.15) is 43.1 Å². The van der Waals surface area contributed by atoms with E-state index in [9.17, 15) is 4.79 Å². The summed E-state index contributed by atoms with van der Waals surface area (Å²) in [6.45, 7) is 3.71. The lowest BCUT2D eigenvalue weighted by Gasteiger charge is -2.14. The van der Waals surface area contributed by atoms with Gasteiger partial charge in [-0.25, -0.2) is 0 Å². The first-order chi connectivity index (χ1) is 7.83. The number of carbonyl (C=O) groups is 1. The maximum absolute atomic E-state index is 12.3. The van der Waals surface area contributed by atoms with Gasteiger partial charge in [0.1, 0.15) is 5.69 Å². The van der Waals surface area contributed by atoms with Crippen LogP contribution in [0.15, 0.2) is 12.3 Å². The third-order valence-corrected chi connectivity index (χ3v) is 3.15. The Hall–Kier alpha value is -1.16. The third-order valence-electron chi connectivity index (χ3n) is 3.15. The van der Waals surface area contributed by atoms with E-state index in [1.54, 1.807) is 10.9 Å². The monoisotopic (exact) mass is 221 g/mol. The van der Waals surface area contributed by atoms with Crippen molar-refractivity contribution >= 4 is 5.78 Å². The summed E-state index contributed by atoms with van der Waals surface area (Å²) in [6, 6.07) is 1.81. The van der Waals surface area contributed by atoms with Crippen LogP contribution in [-0.2, 0) is 6.54 Å². The van der Waals surface area contributed by atoms with Crippen LogP contribution < -0.4 is 5.32 Å². The fourth-order valence-electron chi connectivity index (χ4n) is 2.22. The van der Waals surface area contributed by atoms with Gasteiger partial charge in [0.05, 0.1) is 6.04 Å². The molecule has 16 heavy (non-hydrogen) atoms. The van der Waals surface area contributed by atoms with Gasteiger partial charge in [-0.1, -0.05) is 12.8 Å². The van der Waals surface area contributed by atoms with Crippen molar-refractivity contribution in [1.29, 1.82) is 0 Å². The minimum absolute atomic E-state index is 0.00972. The topological polar surface area (TPSA) is 46.9 Å². The molecule has 0 radical (unpaired) electrons. The van der Waals surface area contributed by atoms with Gasteiger partial charge >= 0.3 is 0 Å². The van der Waals surface area contributed by atoms with E-state index < -0.39 is 0 Å². The molecule has 1 fully saturated rings. The molecule has 0 aromatic carbocycles. The molecule has 1 unspecified atom stereocenters. The summed E-state index contributed by atoms with van der Waals surface area (Å²) in [5.74, 6) is 0.196. The van der Waals surface area contributed by atoms with E-state index in [1.165, 1.54) is 12.8 Å². The van der Waals surface area contributed by atoms with E-state index >= 15 is 0 Å². The zero-order valence-electron chi connectivity index (χ0n) is 9.78. The number of Topliss-reactive ketones (excluding diaryl/α,β-unsaturated/α-hetero) is 1. The molecule has 0 amide bonds. The summed E-state index contributed by atoms with van der Waals surface area (Å²) in [6.07, 6.45) is 6.20. The van der Waals surface area contributed by atoms with Crippen molar-refractivity contribution in [2.75, 3.05) is 6.54 Å². The van der Waals surface area contributed by atoms with Gasteiger partial charge in [0.2, 0.25) is 0 Å². The Morgan fingerprint density at radius 1 is 1.56 bits per heavy atom. The molecule has 1 saturated heterocycles. The number of hydrogen-bond acceptors (Lipinski definition) is 3. The average molecular weight is 221 g/mol. The van der Waals surface area contributed by atoms with Crippen LogP contribution in [-0.4, -0.2) is 28.2 Å². The van der Waals surface area contributed by atoms with E-state index in [4.69, 9.17) is 0 Å². The fourth-order valence-corrected chi connectivity index (χ4v) is 2.22. The summed E-state index contributed by atoms with van der Waals surface area (Å²) >= 11 is 0. The summed E-state index contributed by atoms with van der Waals surface area (Å²) in [5.41, 5.74) is 0.738. The van der Waals surface area contributed by atoms with Crippen LogP contribution >= 0.6 is 0 Å².